The third-order valence-corrected chi connectivity index (χ3v) is 3.85. The molecule has 18 heavy (non-hydrogen) atoms. The molecule has 1 aliphatic rings. The van der Waals surface area contributed by atoms with E-state index in [1.54, 1.807) is 12.1 Å². The van der Waals surface area contributed by atoms with Gasteiger partial charge < -0.3 is 5.32 Å². The summed E-state index contributed by atoms with van der Waals surface area (Å²) in [4.78, 5) is 14.4. The molecule has 1 N–H and O–H groups in total. The highest BCUT2D eigenvalue weighted by atomic mass is 35.5. The predicted molar refractivity (Wildman–Crippen MR) is 74.1 cm³/mol. The van der Waals surface area contributed by atoms with E-state index in [1.165, 1.54) is 6.42 Å². The smallest absolute Gasteiger partial charge is 0.252 e. The van der Waals surface area contributed by atoms with E-state index in [9.17, 15) is 4.79 Å². The van der Waals surface area contributed by atoms with Crippen LogP contribution in [-0.2, 0) is 0 Å². The summed E-state index contributed by atoms with van der Waals surface area (Å²) in [6.07, 6.45) is 2.39. The Labute approximate surface area is 113 Å². The first-order valence-electron chi connectivity index (χ1n) is 6.49. The maximum absolute atomic E-state index is 12.0. The van der Waals surface area contributed by atoms with Crippen molar-refractivity contribution in [1.82, 2.24) is 10.2 Å². The molecule has 1 aromatic carbocycles. The molecule has 1 fully saturated rings. The van der Waals surface area contributed by atoms with Gasteiger partial charge in [0.25, 0.3) is 5.91 Å². The van der Waals surface area contributed by atoms with Crippen molar-refractivity contribution in [3.63, 3.8) is 0 Å². The average Bonchev–Trinajstić information content (AvgIpc) is 2.84. The predicted octanol–water partition coefficient (Wildman–Crippen LogP) is 2.55. The molecule has 3 nitrogen and oxygen atoms in total. The van der Waals surface area contributed by atoms with Crippen LogP contribution >= 0.6 is 11.6 Å². The second-order valence-electron chi connectivity index (χ2n) is 4.61. The van der Waals surface area contributed by atoms with E-state index in [1.807, 2.05) is 12.1 Å². The quantitative estimate of drug-likeness (QED) is 0.908. The highest BCUT2D eigenvalue weighted by Gasteiger charge is 2.23. The molecule has 0 unspecified atom stereocenters. The molecule has 4 heteroatoms. The topological polar surface area (TPSA) is 32.3 Å². The lowest BCUT2D eigenvalue weighted by Crippen LogP contribution is -2.40. The van der Waals surface area contributed by atoms with Gasteiger partial charge in [0, 0.05) is 12.6 Å². The van der Waals surface area contributed by atoms with E-state index < -0.39 is 0 Å². The molecule has 0 aromatic heterocycles. The fourth-order valence-corrected chi connectivity index (χ4v) is 2.72. The first-order chi connectivity index (χ1) is 8.72. The van der Waals surface area contributed by atoms with Gasteiger partial charge in [-0.3, -0.25) is 9.69 Å². The van der Waals surface area contributed by atoms with Gasteiger partial charge in [0.1, 0.15) is 0 Å². The molecule has 2 rings (SSSR count). The van der Waals surface area contributed by atoms with Gasteiger partial charge in [-0.1, -0.05) is 30.7 Å². The van der Waals surface area contributed by atoms with Crippen molar-refractivity contribution in [2.24, 2.45) is 0 Å². The van der Waals surface area contributed by atoms with Crippen LogP contribution in [0.1, 0.15) is 30.1 Å². The summed E-state index contributed by atoms with van der Waals surface area (Å²) in [7, 11) is 0. The Balaban J connectivity index is 1.91. The van der Waals surface area contributed by atoms with Crippen LogP contribution in [0.5, 0.6) is 0 Å². The van der Waals surface area contributed by atoms with Gasteiger partial charge in [-0.15, -0.1) is 0 Å². The van der Waals surface area contributed by atoms with Crippen molar-refractivity contribution in [2.75, 3.05) is 19.6 Å². The lowest BCUT2D eigenvalue weighted by atomic mass is 10.2. The maximum Gasteiger partial charge on any atom is 0.252 e. The van der Waals surface area contributed by atoms with Crippen molar-refractivity contribution >= 4 is 17.5 Å². The number of carbonyl (C=O) groups is 1. The van der Waals surface area contributed by atoms with E-state index in [-0.39, 0.29) is 5.91 Å². The summed E-state index contributed by atoms with van der Waals surface area (Å²) in [6.45, 7) is 5.06. The lowest BCUT2D eigenvalue weighted by Gasteiger charge is -2.22. The van der Waals surface area contributed by atoms with E-state index in [4.69, 9.17) is 11.6 Å². The first-order valence-corrected chi connectivity index (χ1v) is 6.87. The van der Waals surface area contributed by atoms with Crippen LogP contribution in [0.4, 0.5) is 0 Å². The first kappa shape index (κ1) is 13.4. The summed E-state index contributed by atoms with van der Waals surface area (Å²) in [5.74, 6) is -0.0800. The van der Waals surface area contributed by atoms with Crippen LogP contribution in [0.3, 0.4) is 0 Å². The zero-order valence-corrected chi connectivity index (χ0v) is 11.4. The Hall–Kier alpha value is -1.06. The normalized spacial score (nSPS) is 20.0. The molecule has 98 valence electrons. The number of halogens is 1. The summed E-state index contributed by atoms with van der Waals surface area (Å²) < 4.78 is 0. The third-order valence-electron chi connectivity index (χ3n) is 3.52. The van der Waals surface area contributed by atoms with Crippen LogP contribution in [0, 0.1) is 0 Å². The molecule has 1 aliphatic heterocycles. The number of nitrogens with zero attached hydrogens (tertiary/aromatic N) is 1. The van der Waals surface area contributed by atoms with Gasteiger partial charge in [-0.2, -0.15) is 0 Å². The zero-order chi connectivity index (χ0) is 13.0. The summed E-state index contributed by atoms with van der Waals surface area (Å²) in [5.41, 5.74) is 0.556. The molecule has 1 heterocycles. The van der Waals surface area contributed by atoms with Gasteiger partial charge in [0.15, 0.2) is 0 Å². The highest BCUT2D eigenvalue weighted by molar-refractivity contribution is 6.33. The van der Waals surface area contributed by atoms with Crippen molar-refractivity contribution in [3.05, 3.63) is 34.9 Å². The SMILES string of the molecule is CCN1CCC[C@@H]1CNC(=O)c1ccccc1Cl. The van der Waals surface area contributed by atoms with Gasteiger partial charge in [-0.05, 0) is 38.1 Å². The second-order valence-corrected chi connectivity index (χ2v) is 5.02. The molecular formula is C14H19ClN2O. The monoisotopic (exact) mass is 266 g/mol. The van der Waals surface area contributed by atoms with Crippen molar-refractivity contribution in [2.45, 2.75) is 25.8 Å². The lowest BCUT2D eigenvalue weighted by molar-refractivity contribution is 0.0941. The minimum atomic E-state index is -0.0800. The summed E-state index contributed by atoms with van der Waals surface area (Å²) >= 11 is 6.00. The van der Waals surface area contributed by atoms with E-state index >= 15 is 0 Å². The Bertz CT molecular complexity index is 422. The molecule has 1 aromatic rings. The number of amides is 1. The standard InChI is InChI=1S/C14H19ClN2O/c1-2-17-9-5-6-11(17)10-16-14(18)12-7-3-4-8-13(12)15/h3-4,7-8,11H,2,5-6,9-10H2,1H3,(H,16,18)/t11-/m1/s1. The third kappa shape index (κ3) is 3.03. The van der Waals surface area contributed by atoms with Crippen molar-refractivity contribution in [1.29, 1.82) is 0 Å². The van der Waals surface area contributed by atoms with E-state index in [0.29, 0.717) is 23.2 Å². The maximum atomic E-state index is 12.0. The zero-order valence-electron chi connectivity index (χ0n) is 10.7. The van der Waals surface area contributed by atoms with Crippen molar-refractivity contribution < 1.29 is 4.79 Å². The molecule has 0 bridgehead atoms. The molecule has 1 amide bonds. The number of hydrogen-bond donors (Lipinski definition) is 1. The van der Waals surface area contributed by atoms with Gasteiger partial charge in [0.05, 0.1) is 10.6 Å². The number of likely N-dealkylation sites (tertiary alicyclic amines) is 1. The van der Waals surface area contributed by atoms with Crippen LogP contribution < -0.4 is 5.32 Å². The molecular weight excluding hydrogens is 248 g/mol. The largest absolute Gasteiger partial charge is 0.350 e. The average molecular weight is 267 g/mol. The summed E-state index contributed by atoms with van der Waals surface area (Å²) in [5, 5.41) is 3.49. The Morgan fingerprint density at radius 3 is 3.00 bits per heavy atom. The molecule has 0 spiro atoms. The van der Waals surface area contributed by atoms with Crippen LogP contribution in [0.25, 0.3) is 0 Å². The second kappa shape index (κ2) is 6.21. The van der Waals surface area contributed by atoms with Crippen LogP contribution in [0.2, 0.25) is 5.02 Å². The van der Waals surface area contributed by atoms with Crippen LogP contribution in [-0.4, -0.2) is 36.5 Å². The number of carbonyl (C=O) groups excluding carboxylic acids is 1. The van der Waals surface area contributed by atoms with E-state index in [2.05, 4.69) is 17.1 Å². The minimum absolute atomic E-state index is 0.0800. The Morgan fingerprint density at radius 2 is 2.28 bits per heavy atom. The number of rotatable bonds is 4. The molecule has 1 saturated heterocycles. The van der Waals surface area contributed by atoms with Gasteiger partial charge in [-0.25, -0.2) is 0 Å². The number of likely N-dealkylation sites (N-methyl/N-ethyl adjacent to an activating group) is 1. The number of nitrogens with one attached hydrogen (secondary N) is 1. The summed E-state index contributed by atoms with van der Waals surface area (Å²) in [6, 6.07) is 7.62. The fraction of sp³-hybridized carbons (Fsp3) is 0.500. The molecule has 0 radical (unpaired) electrons. The number of hydrogen-bond acceptors (Lipinski definition) is 2. The Kier molecular flexibility index (Phi) is 4.61. The van der Waals surface area contributed by atoms with Crippen LogP contribution in [0.15, 0.2) is 24.3 Å². The van der Waals surface area contributed by atoms with Gasteiger partial charge in [0.2, 0.25) is 0 Å². The molecule has 0 aliphatic carbocycles. The Morgan fingerprint density at radius 1 is 1.50 bits per heavy atom. The van der Waals surface area contributed by atoms with Crippen molar-refractivity contribution in [3.8, 4) is 0 Å². The fourth-order valence-electron chi connectivity index (χ4n) is 2.49. The van der Waals surface area contributed by atoms with Gasteiger partial charge >= 0.3 is 0 Å². The minimum Gasteiger partial charge on any atom is -0.350 e. The molecule has 1 atom stereocenters. The number of benzene rings is 1. The highest BCUT2D eigenvalue weighted by Crippen LogP contribution is 2.17. The van der Waals surface area contributed by atoms with E-state index in [0.717, 1.165) is 19.5 Å². The molecule has 0 saturated carbocycles.